The molecule has 172 valence electrons. The van der Waals surface area contributed by atoms with Crippen molar-refractivity contribution in [1.82, 2.24) is 15.4 Å². The summed E-state index contributed by atoms with van der Waals surface area (Å²) in [6, 6.07) is 8.47. The van der Waals surface area contributed by atoms with Crippen LogP contribution in [0.5, 0.6) is 0 Å². The second-order valence-electron chi connectivity index (χ2n) is 9.43. The molecule has 1 fully saturated rings. The summed E-state index contributed by atoms with van der Waals surface area (Å²) in [6.45, 7) is 10.7. The van der Waals surface area contributed by atoms with Crippen molar-refractivity contribution in [3.05, 3.63) is 47.2 Å². The molecule has 32 heavy (non-hydrogen) atoms. The average Bonchev–Trinajstić information content (AvgIpc) is 3.17. The molecule has 8 heteroatoms. The molecule has 2 heterocycles. The molecular weight excluding hydrogens is 408 g/mol. The Morgan fingerprint density at radius 3 is 2.28 bits per heavy atom. The van der Waals surface area contributed by atoms with Gasteiger partial charge in [0.05, 0.1) is 0 Å². The highest BCUT2D eigenvalue weighted by molar-refractivity contribution is 5.97. The van der Waals surface area contributed by atoms with Gasteiger partial charge in [-0.25, -0.2) is 0 Å². The van der Waals surface area contributed by atoms with Gasteiger partial charge in [-0.05, 0) is 49.8 Å². The van der Waals surface area contributed by atoms with E-state index in [1.807, 2.05) is 12.1 Å². The van der Waals surface area contributed by atoms with E-state index in [-0.39, 0.29) is 29.1 Å². The predicted molar refractivity (Wildman–Crippen MR) is 121 cm³/mol. The van der Waals surface area contributed by atoms with Gasteiger partial charge in [0.15, 0.2) is 5.82 Å². The van der Waals surface area contributed by atoms with Gasteiger partial charge in [-0.15, -0.1) is 0 Å². The number of likely N-dealkylation sites (tertiary alicyclic amines) is 1. The van der Waals surface area contributed by atoms with Crippen molar-refractivity contribution in [3.8, 4) is 0 Å². The van der Waals surface area contributed by atoms with Crippen LogP contribution in [0.2, 0.25) is 0 Å². The highest BCUT2D eigenvalue weighted by atomic mass is 16.5. The van der Waals surface area contributed by atoms with E-state index in [2.05, 4.69) is 36.6 Å². The molecule has 2 aromatic rings. The molecule has 2 N–H and O–H groups in total. The maximum Gasteiger partial charge on any atom is 0.251 e. The lowest BCUT2D eigenvalue weighted by Gasteiger charge is -2.33. The standard InChI is InChI=1S/C24H32N4O4/c1-15-14-20(27-32-15)26-22(30)18-10-12-28(13-11-18)23(31)16(2)25-21(29)17-6-8-19(9-7-17)24(3,4)5/h6-9,14,16,18H,10-13H2,1-5H3,(H,25,29)(H,26,27,30). The van der Waals surface area contributed by atoms with Crippen molar-refractivity contribution in [1.29, 1.82) is 0 Å². The SMILES string of the molecule is Cc1cc(NC(=O)C2CCN(C(=O)C(C)NC(=O)c3ccc(C(C)(C)C)cc3)CC2)no1. The van der Waals surface area contributed by atoms with Crippen molar-refractivity contribution in [3.63, 3.8) is 0 Å². The van der Waals surface area contributed by atoms with Crippen LogP contribution in [0, 0.1) is 12.8 Å². The monoisotopic (exact) mass is 440 g/mol. The van der Waals surface area contributed by atoms with Crippen LogP contribution in [0.25, 0.3) is 0 Å². The number of anilines is 1. The molecule has 3 amide bonds. The largest absolute Gasteiger partial charge is 0.360 e. The second kappa shape index (κ2) is 9.54. The minimum absolute atomic E-state index is 0.00919. The molecule has 0 saturated carbocycles. The van der Waals surface area contributed by atoms with Gasteiger partial charge in [0, 0.05) is 30.6 Å². The minimum Gasteiger partial charge on any atom is -0.360 e. The van der Waals surface area contributed by atoms with E-state index in [4.69, 9.17) is 4.52 Å². The molecule has 1 aromatic heterocycles. The number of carbonyl (C=O) groups excluding carboxylic acids is 3. The molecule has 1 saturated heterocycles. The van der Waals surface area contributed by atoms with Gasteiger partial charge in [-0.3, -0.25) is 14.4 Å². The lowest BCUT2D eigenvalue weighted by atomic mass is 9.86. The third-order valence-electron chi connectivity index (χ3n) is 5.79. The summed E-state index contributed by atoms with van der Waals surface area (Å²) in [4.78, 5) is 39.5. The molecule has 0 bridgehead atoms. The maximum atomic E-state index is 12.8. The fourth-order valence-electron chi connectivity index (χ4n) is 3.75. The van der Waals surface area contributed by atoms with Gasteiger partial charge in [0.25, 0.3) is 5.91 Å². The average molecular weight is 441 g/mol. The van der Waals surface area contributed by atoms with E-state index in [1.54, 1.807) is 36.9 Å². The Hall–Kier alpha value is -3.16. The van der Waals surface area contributed by atoms with Crippen LogP contribution in [0.1, 0.15) is 62.2 Å². The number of piperidine rings is 1. The van der Waals surface area contributed by atoms with Crippen molar-refractivity contribution < 1.29 is 18.9 Å². The van der Waals surface area contributed by atoms with Gasteiger partial charge < -0.3 is 20.1 Å². The van der Waals surface area contributed by atoms with E-state index >= 15 is 0 Å². The molecular formula is C24H32N4O4. The maximum absolute atomic E-state index is 12.8. The van der Waals surface area contributed by atoms with Crippen LogP contribution in [-0.2, 0) is 15.0 Å². The molecule has 1 aliphatic rings. The number of amides is 3. The van der Waals surface area contributed by atoms with Crippen LogP contribution in [0.3, 0.4) is 0 Å². The summed E-state index contributed by atoms with van der Waals surface area (Å²) in [7, 11) is 0. The Kier molecular flexibility index (Phi) is 7.01. The zero-order chi connectivity index (χ0) is 23.5. The number of hydrogen-bond donors (Lipinski definition) is 2. The molecule has 1 aliphatic heterocycles. The summed E-state index contributed by atoms with van der Waals surface area (Å²) in [5.41, 5.74) is 1.68. The van der Waals surface area contributed by atoms with Crippen LogP contribution in [0.4, 0.5) is 5.82 Å². The van der Waals surface area contributed by atoms with Crippen molar-refractivity contribution in [2.75, 3.05) is 18.4 Å². The van der Waals surface area contributed by atoms with Gasteiger partial charge in [0.1, 0.15) is 11.8 Å². The van der Waals surface area contributed by atoms with Crippen molar-refractivity contribution >= 4 is 23.5 Å². The number of carbonyl (C=O) groups is 3. The fourth-order valence-corrected chi connectivity index (χ4v) is 3.75. The first-order valence-corrected chi connectivity index (χ1v) is 11.0. The van der Waals surface area contributed by atoms with Crippen LogP contribution >= 0.6 is 0 Å². The summed E-state index contributed by atoms with van der Waals surface area (Å²) in [5, 5.41) is 9.32. The van der Waals surface area contributed by atoms with E-state index in [0.29, 0.717) is 43.1 Å². The third-order valence-corrected chi connectivity index (χ3v) is 5.79. The summed E-state index contributed by atoms with van der Waals surface area (Å²) in [5.74, 6) is 0.298. The molecule has 0 aliphatic carbocycles. The van der Waals surface area contributed by atoms with Gasteiger partial charge in [-0.2, -0.15) is 0 Å². The Morgan fingerprint density at radius 1 is 1.12 bits per heavy atom. The summed E-state index contributed by atoms with van der Waals surface area (Å²) >= 11 is 0. The quantitative estimate of drug-likeness (QED) is 0.742. The smallest absolute Gasteiger partial charge is 0.251 e. The normalized spacial score (nSPS) is 15.8. The zero-order valence-corrected chi connectivity index (χ0v) is 19.4. The Balaban J connectivity index is 1.49. The Labute approximate surface area is 188 Å². The number of hydrogen-bond acceptors (Lipinski definition) is 5. The van der Waals surface area contributed by atoms with Gasteiger partial charge in [0.2, 0.25) is 11.8 Å². The van der Waals surface area contributed by atoms with Gasteiger partial charge >= 0.3 is 0 Å². The molecule has 1 aromatic carbocycles. The summed E-state index contributed by atoms with van der Waals surface area (Å²) < 4.78 is 4.96. The molecule has 0 spiro atoms. The van der Waals surface area contributed by atoms with Crippen LogP contribution in [-0.4, -0.2) is 46.9 Å². The molecule has 1 atom stereocenters. The predicted octanol–water partition coefficient (Wildman–Crippen LogP) is 3.28. The fraction of sp³-hybridized carbons (Fsp3) is 0.500. The third kappa shape index (κ3) is 5.75. The van der Waals surface area contributed by atoms with E-state index in [1.165, 1.54) is 0 Å². The lowest BCUT2D eigenvalue weighted by molar-refractivity contribution is -0.135. The highest BCUT2D eigenvalue weighted by Crippen LogP contribution is 2.23. The van der Waals surface area contributed by atoms with E-state index in [0.717, 1.165) is 5.56 Å². The van der Waals surface area contributed by atoms with Crippen molar-refractivity contribution in [2.45, 2.75) is 58.9 Å². The van der Waals surface area contributed by atoms with Crippen molar-refractivity contribution in [2.24, 2.45) is 5.92 Å². The number of nitrogens with one attached hydrogen (secondary N) is 2. The topological polar surface area (TPSA) is 105 Å². The molecule has 1 unspecified atom stereocenters. The highest BCUT2D eigenvalue weighted by Gasteiger charge is 2.30. The lowest BCUT2D eigenvalue weighted by Crippen LogP contribution is -2.50. The number of benzene rings is 1. The molecule has 3 rings (SSSR count). The number of aryl methyl sites for hydroxylation is 1. The molecule has 0 radical (unpaired) electrons. The van der Waals surface area contributed by atoms with Crippen LogP contribution in [0.15, 0.2) is 34.9 Å². The van der Waals surface area contributed by atoms with Gasteiger partial charge in [-0.1, -0.05) is 38.1 Å². The zero-order valence-electron chi connectivity index (χ0n) is 19.4. The number of rotatable bonds is 5. The first-order valence-electron chi connectivity index (χ1n) is 11.0. The molecule has 8 nitrogen and oxygen atoms in total. The second-order valence-corrected chi connectivity index (χ2v) is 9.43. The number of aromatic nitrogens is 1. The summed E-state index contributed by atoms with van der Waals surface area (Å²) in [6.07, 6.45) is 1.12. The number of nitrogens with zero attached hydrogens (tertiary/aromatic N) is 2. The first-order chi connectivity index (χ1) is 15.0. The van der Waals surface area contributed by atoms with E-state index < -0.39 is 6.04 Å². The first kappa shape index (κ1) is 23.5. The Morgan fingerprint density at radius 2 is 1.75 bits per heavy atom. The van der Waals surface area contributed by atoms with E-state index in [9.17, 15) is 14.4 Å². The van der Waals surface area contributed by atoms with Crippen LogP contribution < -0.4 is 10.6 Å². The minimum atomic E-state index is -0.645. The Bertz CT molecular complexity index is 967.